The molecule has 206 valence electrons. The van der Waals surface area contributed by atoms with Crippen molar-refractivity contribution in [2.75, 3.05) is 19.7 Å². The maximum absolute atomic E-state index is 12.8. The summed E-state index contributed by atoms with van der Waals surface area (Å²) in [6.45, 7) is -0.269. The Bertz CT molecular complexity index is 775. The fraction of sp³-hybridized carbons (Fsp3) is 0.700. The summed E-state index contributed by atoms with van der Waals surface area (Å²) < 4.78 is 0. The topological polar surface area (TPSA) is 299 Å². The second-order valence-electron chi connectivity index (χ2n) is 7.98. The molecular formula is C20H38N8O8. The monoisotopic (exact) mass is 518 g/mol. The number of rotatable bonds is 19. The Morgan fingerprint density at radius 3 is 1.89 bits per heavy atom. The zero-order valence-corrected chi connectivity index (χ0v) is 20.0. The smallest absolute Gasteiger partial charge is 0.326 e. The van der Waals surface area contributed by atoms with Crippen LogP contribution in [0.1, 0.15) is 44.9 Å². The number of nitrogens with zero attached hydrogens (tertiary/aromatic N) is 1. The van der Waals surface area contributed by atoms with Gasteiger partial charge in [0.25, 0.3) is 0 Å². The first-order valence-corrected chi connectivity index (χ1v) is 11.4. The molecule has 0 saturated carbocycles. The highest BCUT2D eigenvalue weighted by Crippen LogP contribution is 2.04. The number of hydrogen-bond donors (Lipinski definition) is 10. The van der Waals surface area contributed by atoms with E-state index in [9.17, 15) is 34.2 Å². The van der Waals surface area contributed by atoms with Crippen molar-refractivity contribution in [3.05, 3.63) is 0 Å². The molecule has 0 fully saturated rings. The van der Waals surface area contributed by atoms with Crippen LogP contribution in [0.5, 0.6) is 0 Å². The first-order chi connectivity index (χ1) is 16.9. The maximum Gasteiger partial charge on any atom is 0.326 e. The summed E-state index contributed by atoms with van der Waals surface area (Å²) in [7, 11) is 0. The fourth-order valence-electron chi connectivity index (χ4n) is 2.95. The van der Waals surface area contributed by atoms with Gasteiger partial charge in [-0.1, -0.05) is 6.42 Å². The van der Waals surface area contributed by atoms with Crippen LogP contribution in [0.25, 0.3) is 0 Å². The fourth-order valence-corrected chi connectivity index (χ4v) is 2.95. The highest BCUT2D eigenvalue weighted by Gasteiger charge is 2.30. The Morgan fingerprint density at radius 2 is 1.36 bits per heavy atom. The molecule has 16 nitrogen and oxygen atoms in total. The van der Waals surface area contributed by atoms with Crippen molar-refractivity contribution in [3.8, 4) is 0 Å². The third-order valence-corrected chi connectivity index (χ3v) is 4.96. The van der Waals surface area contributed by atoms with Gasteiger partial charge in [0.2, 0.25) is 17.7 Å². The average Bonchev–Trinajstić information content (AvgIpc) is 2.80. The minimum Gasteiger partial charge on any atom is -0.481 e. The Hall–Kier alpha value is -3.50. The van der Waals surface area contributed by atoms with E-state index in [2.05, 4.69) is 20.9 Å². The van der Waals surface area contributed by atoms with Gasteiger partial charge in [0.05, 0.1) is 12.6 Å². The van der Waals surface area contributed by atoms with Crippen molar-refractivity contribution in [2.24, 2.45) is 27.9 Å². The molecule has 0 heterocycles. The number of aliphatic imine (C=N–C) groups is 1. The van der Waals surface area contributed by atoms with E-state index in [1.807, 2.05) is 0 Å². The lowest BCUT2D eigenvalue weighted by molar-refractivity contribution is -0.143. The molecule has 36 heavy (non-hydrogen) atoms. The zero-order chi connectivity index (χ0) is 27.7. The Kier molecular flexibility index (Phi) is 16.1. The first kappa shape index (κ1) is 32.5. The number of carboxylic acid groups (broad SMARTS) is 2. The molecule has 0 aliphatic rings. The van der Waals surface area contributed by atoms with Gasteiger partial charge in [-0.2, -0.15) is 0 Å². The van der Waals surface area contributed by atoms with E-state index in [0.29, 0.717) is 25.8 Å². The second-order valence-corrected chi connectivity index (χ2v) is 7.98. The molecule has 0 aliphatic carbocycles. The number of nitrogens with one attached hydrogen (secondary N) is 3. The standard InChI is InChI=1S/C20H38N8O8/c21-8-2-1-4-11(22)16(32)28-14(10-29)18(34)26-12(5-3-9-25-20(23)24)17(33)27-13(19(35)36)6-7-15(30)31/h11-14,29H,1-10,21-22H2,(H,26,34)(H,27,33)(H,28,32)(H,30,31)(H,35,36)(H4,23,24,25). The number of guanidine groups is 1. The average molecular weight is 519 g/mol. The van der Waals surface area contributed by atoms with Crippen LogP contribution in [-0.2, 0) is 24.0 Å². The largest absolute Gasteiger partial charge is 0.481 e. The van der Waals surface area contributed by atoms with Gasteiger partial charge in [-0.3, -0.25) is 24.2 Å². The molecule has 0 aromatic carbocycles. The van der Waals surface area contributed by atoms with Crippen LogP contribution in [0, 0.1) is 0 Å². The highest BCUT2D eigenvalue weighted by atomic mass is 16.4. The van der Waals surface area contributed by atoms with Gasteiger partial charge >= 0.3 is 11.9 Å². The number of amides is 3. The van der Waals surface area contributed by atoms with Gasteiger partial charge in [0, 0.05) is 13.0 Å². The van der Waals surface area contributed by atoms with Crippen LogP contribution in [0.15, 0.2) is 4.99 Å². The molecule has 0 aliphatic heterocycles. The van der Waals surface area contributed by atoms with Gasteiger partial charge < -0.3 is 54.2 Å². The zero-order valence-electron chi connectivity index (χ0n) is 20.0. The quantitative estimate of drug-likeness (QED) is 0.0443. The summed E-state index contributed by atoms with van der Waals surface area (Å²) in [4.78, 5) is 63.7. The normalized spacial score (nSPS) is 14.0. The molecule has 14 N–H and O–H groups in total. The van der Waals surface area contributed by atoms with Crippen molar-refractivity contribution < 1.29 is 39.3 Å². The third-order valence-electron chi connectivity index (χ3n) is 4.96. The number of aliphatic carboxylic acids is 2. The molecule has 0 bridgehead atoms. The van der Waals surface area contributed by atoms with Gasteiger partial charge in [0.15, 0.2) is 5.96 Å². The van der Waals surface area contributed by atoms with E-state index in [0.717, 1.165) is 0 Å². The molecule has 3 amide bonds. The molecule has 0 aromatic rings. The summed E-state index contributed by atoms with van der Waals surface area (Å²) in [5, 5.41) is 34.5. The van der Waals surface area contributed by atoms with Gasteiger partial charge in [-0.25, -0.2) is 4.79 Å². The number of carbonyl (C=O) groups excluding carboxylic acids is 3. The summed E-state index contributed by atoms with van der Waals surface area (Å²) in [5.41, 5.74) is 21.7. The Labute approximate surface area is 208 Å². The predicted octanol–water partition coefficient (Wildman–Crippen LogP) is -4.11. The van der Waals surface area contributed by atoms with Crippen LogP contribution < -0.4 is 38.9 Å². The van der Waals surface area contributed by atoms with Crippen molar-refractivity contribution in [3.63, 3.8) is 0 Å². The van der Waals surface area contributed by atoms with Crippen molar-refractivity contribution in [1.82, 2.24) is 16.0 Å². The third kappa shape index (κ3) is 14.0. The lowest BCUT2D eigenvalue weighted by atomic mass is 10.1. The molecule has 16 heteroatoms. The molecular weight excluding hydrogens is 480 g/mol. The van der Waals surface area contributed by atoms with Crippen LogP contribution >= 0.6 is 0 Å². The van der Waals surface area contributed by atoms with Crippen LogP contribution in [0.4, 0.5) is 0 Å². The summed E-state index contributed by atoms with van der Waals surface area (Å²) >= 11 is 0. The number of unbranched alkanes of at least 4 members (excludes halogenated alkanes) is 1. The molecule has 0 saturated heterocycles. The molecule has 0 aromatic heterocycles. The minimum absolute atomic E-state index is 0.0374. The molecule has 4 unspecified atom stereocenters. The minimum atomic E-state index is -1.52. The molecule has 0 rings (SSSR count). The van der Waals surface area contributed by atoms with Crippen molar-refractivity contribution in [1.29, 1.82) is 0 Å². The van der Waals surface area contributed by atoms with Crippen molar-refractivity contribution in [2.45, 2.75) is 69.1 Å². The van der Waals surface area contributed by atoms with E-state index in [1.165, 1.54) is 0 Å². The number of hydrogen-bond acceptors (Lipinski definition) is 9. The molecule has 0 radical (unpaired) electrons. The highest BCUT2D eigenvalue weighted by molar-refractivity contribution is 5.94. The number of nitrogens with two attached hydrogens (primary N) is 4. The lowest BCUT2D eigenvalue weighted by Gasteiger charge is -2.24. The maximum atomic E-state index is 12.8. The van der Waals surface area contributed by atoms with E-state index >= 15 is 0 Å². The van der Waals surface area contributed by atoms with E-state index < -0.39 is 66.9 Å². The Balaban J connectivity index is 5.36. The number of aliphatic hydroxyl groups is 1. The van der Waals surface area contributed by atoms with Crippen LogP contribution in [-0.4, -0.2) is 94.8 Å². The van der Waals surface area contributed by atoms with Crippen LogP contribution in [0.2, 0.25) is 0 Å². The first-order valence-electron chi connectivity index (χ1n) is 11.4. The Morgan fingerprint density at radius 1 is 0.778 bits per heavy atom. The predicted molar refractivity (Wildman–Crippen MR) is 128 cm³/mol. The summed E-state index contributed by atoms with van der Waals surface area (Å²) in [6.07, 6.45) is 0.823. The van der Waals surface area contributed by atoms with Crippen molar-refractivity contribution >= 4 is 35.6 Å². The van der Waals surface area contributed by atoms with E-state index in [1.54, 1.807) is 0 Å². The number of carbonyl (C=O) groups is 5. The molecule has 4 atom stereocenters. The van der Waals surface area contributed by atoms with E-state index in [-0.39, 0.29) is 31.8 Å². The summed E-state index contributed by atoms with van der Waals surface area (Å²) in [6, 6.07) is -5.20. The van der Waals surface area contributed by atoms with Crippen LogP contribution in [0.3, 0.4) is 0 Å². The number of carboxylic acids is 2. The second kappa shape index (κ2) is 17.9. The lowest BCUT2D eigenvalue weighted by Crippen LogP contribution is -2.58. The summed E-state index contributed by atoms with van der Waals surface area (Å²) in [5.74, 6) is -5.41. The van der Waals surface area contributed by atoms with Gasteiger partial charge in [-0.15, -0.1) is 0 Å². The SMILES string of the molecule is NCCCCC(N)C(=O)NC(CO)C(=O)NC(CCCN=C(N)N)C(=O)NC(CCC(=O)O)C(=O)O. The van der Waals surface area contributed by atoms with E-state index in [4.69, 9.17) is 28.0 Å². The molecule has 0 spiro atoms. The van der Waals surface area contributed by atoms with Gasteiger partial charge in [0.1, 0.15) is 18.1 Å². The van der Waals surface area contributed by atoms with Gasteiger partial charge in [-0.05, 0) is 38.6 Å². The number of aliphatic hydroxyl groups excluding tert-OH is 1.